The first-order valence-corrected chi connectivity index (χ1v) is 6.66. The van der Waals surface area contributed by atoms with Crippen molar-refractivity contribution in [2.24, 2.45) is 0 Å². The van der Waals surface area contributed by atoms with E-state index in [0.29, 0.717) is 17.0 Å². The fraction of sp³-hybridized carbons (Fsp3) is 0.231. The number of nitrogens with one attached hydrogen (secondary N) is 1. The predicted molar refractivity (Wildman–Crippen MR) is 71.2 cm³/mol. The summed E-state index contributed by atoms with van der Waals surface area (Å²) < 4.78 is 13.7. The summed E-state index contributed by atoms with van der Waals surface area (Å²) in [6, 6.07) is 6.93. The van der Waals surface area contributed by atoms with E-state index in [1.807, 2.05) is 18.5 Å². The monoisotopic (exact) mass is 269 g/mol. The second kappa shape index (κ2) is 5.63. The van der Waals surface area contributed by atoms with Gasteiger partial charge in [0.25, 0.3) is 0 Å². The summed E-state index contributed by atoms with van der Waals surface area (Å²) in [7, 11) is 1.87. The number of benzene rings is 1. The van der Waals surface area contributed by atoms with Crippen LogP contribution in [0.15, 0.2) is 35.0 Å². The van der Waals surface area contributed by atoms with E-state index in [-0.39, 0.29) is 11.9 Å². The summed E-state index contributed by atoms with van der Waals surface area (Å²) >= 11 is 7.66. The van der Waals surface area contributed by atoms with E-state index < -0.39 is 0 Å². The lowest BCUT2D eigenvalue weighted by Gasteiger charge is -2.16. The number of halogens is 2. The summed E-state index contributed by atoms with van der Waals surface area (Å²) in [5.74, 6) is -0.243. The highest BCUT2D eigenvalue weighted by molar-refractivity contribution is 7.07. The first-order chi connectivity index (χ1) is 8.22. The predicted octanol–water partition coefficient (Wildman–Crippen LogP) is 4.04. The topological polar surface area (TPSA) is 12.0 Å². The van der Waals surface area contributed by atoms with Crippen LogP contribution in [0.1, 0.15) is 17.2 Å². The minimum absolute atomic E-state index is 0.0932. The average molecular weight is 270 g/mol. The van der Waals surface area contributed by atoms with Crippen molar-refractivity contribution in [3.05, 3.63) is 57.0 Å². The van der Waals surface area contributed by atoms with Crippen molar-refractivity contribution in [3.8, 4) is 0 Å². The van der Waals surface area contributed by atoms with Crippen molar-refractivity contribution in [3.63, 3.8) is 0 Å². The number of thiophene rings is 1. The average Bonchev–Trinajstić information content (AvgIpc) is 2.82. The van der Waals surface area contributed by atoms with Gasteiger partial charge in [-0.2, -0.15) is 11.3 Å². The number of likely N-dealkylation sites (N-methyl/N-ethyl adjacent to an activating group) is 1. The van der Waals surface area contributed by atoms with E-state index in [1.165, 1.54) is 6.07 Å². The fourth-order valence-corrected chi connectivity index (χ4v) is 2.75. The Bertz CT molecular complexity index is 464. The lowest BCUT2D eigenvalue weighted by molar-refractivity contribution is 0.555. The van der Waals surface area contributed by atoms with Crippen LogP contribution in [-0.2, 0) is 6.42 Å². The molecule has 90 valence electrons. The Morgan fingerprint density at radius 3 is 2.82 bits per heavy atom. The lowest BCUT2D eigenvalue weighted by Crippen LogP contribution is -2.19. The largest absolute Gasteiger partial charge is 0.313 e. The second-order valence-electron chi connectivity index (χ2n) is 3.80. The molecule has 0 aliphatic carbocycles. The van der Waals surface area contributed by atoms with Crippen LogP contribution in [0.2, 0.25) is 5.02 Å². The Labute approximate surface area is 109 Å². The molecule has 17 heavy (non-hydrogen) atoms. The van der Waals surface area contributed by atoms with E-state index in [0.717, 1.165) is 5.56 Å². The number of hydrogen-bond acceptors (Lipinski definition) is 2. The van der Waals surface area contributed by atoms with Gasteiger partial charge in [-0.3, -0.25) is 0 Å². The van der Waals surface area contributed by atoms with Crippen molar-refractivity contribution >= 4 is 22.9 Å². The molecule has 1 aromatic carbocycles. The van der Waals surface area contributed by atoms with Gasteiger partial charge in [0.05, 0.1) is 0 Å². The summed E-state index contributed by atoms with van der Waals surface area (Å²) in [5, 5.41) is 7.76. The lowest BCUT2D eigenvalue weighted by atomic mass is 10.0. The van der Waals surface area contributed by atoms with Gasteiger partial charge in [0.15, 0.2) is 0 Å². The molecular formula is C13H13ClFNS. The third kappa shape index (κ3) is 2.86. The maximum atomic E-state index is 13.7. The highest BCUT2D eigenvalue weighted by atomic mass is 35.5. The molecule has 0 bridgehead atoms. The van der Waals surface area contributed by atoms with Crippen molar-refractivity contribution in [2.75, 3.05) is 7.05 Å². The van der Waals surface area contributed by atoms with Crippen molar-refractivity contribution in [2.45, 2.75) is 12.5 Å². The highest BCUT2D eigenvalue weighted by Gasteiger charge is 2.15. The molecular weight excluding hydrogens is 257 g/mol. The fourth-order valence-electron chi connectivity index (χ4n) is 1.79. The van der Waals surface area contributed by atoms with E-state index in [1.54, 1.807) is 23.5 Å². The maximum Gasteiger partial charge on any atom is 0.127 e. The van der Waals surface area contributed by atoms with Gasteiger partial charge in [0.1, 0.15) is 5.82 Å². The van der Waals surface area contributed by atoms with Gasteiger partial charge in [-0.15, -0.1) is 0 Å². The molecule has 1 N–H and O–H groups in total. The van der Waals surface area contributed by atoms with Crippen LogP contribution in [0.25, 0.3) is 0 Å². The van der Waals surface area contributed by atoms with Gasteiger partial charge in [0, 0.05) is 16.6 Å². The van der Waals surface area contributed by atoms with Crippen LogP contribution >= 0.6 is 22.9 Å². The van der Waals surface area contributed by atoms with Gasteiger partial charge in [-0.05, 0) is 48.0 Å². The normalized spacial score (nSPS) is 12.6. The Morgan fingerprint density at radius 1 is 1.41 bits per heavy atom. The van der Waals surface area contributed by atoms with Crippen molar-refractivity contribution < 1.29 is 4.39 Å². The first-order valence-electron chi connectivity index (χ1n) is 5.34. The Kier molecular flexibility index (Phi) is 4.15. The quantitative estimate of drug-likeness (QED) is 0.883. The standard InChI is InChI=1S/C13H13ClFNS/c1-16-13(9-5-6-17-8-9)7-10-11(14)3-2-4-12(10)15/h2-6,8,13,16H,7H2,1H3. The molecule has 0 fully saturated rings. The summed E-state index contributed by atoms with van der Waals surface area (Å²) in [6.07, 6.45) is 0.554. The van der Waals surface area contributed by atoms with Gasteiger partial charge in [0.2, 0.25) is 0 Å². The summed E-state index contributed by atoms with van der Waals surface area (Å²) in [5.41, 5.74) is 1.73. The molecule has 0 aliphatic rings. The van der Waals surface area contributed by atoms with Gasteiger partial charge >= 0.3 is 0 Å². The van der Waals surface area contributed by atoms with E-state index in [2.05, 4.69) is 10.7 Å². The molecule has 2 rings (SSSR count). The smallest absolute Gasteiger partial charge is 0.127 e. The zero-order valence-corrected chi connectivity index (χ0v) is 11.0. The van der Waals surface area contributed by atoms with Crippen LogP contribution in [0.5, 0.6) is 0 Å². The molecule has 1 heterocycles. The van der Waals surface area contributed by atoms with E-state index in [4.69, 9.17) is 11.6 Å². The molecule has 1 aromatic heterocycles. The SMILES string of the molecule is CNC(Cc1c(F)cccc1Cl)c1ccsc1. The Balaban J connectivity index is 2.25. The molecule has 0 radical (unpaired) electrons. The molecule has 1 atom stereocenters. The second-order valence-corrected chi connectivity index (χ2v) is 4.99. The van der Waals surface area contributed by atoms with Crippen LogP contribution in [0.3, 0.4) is 0 Å². The highest BCUT2D eigenvalue weighted by Crippen LogP contribution is 2.26. The Hall–Kier alpha value is -0.900. The molecule has 0 amide bonds. The van der Waals surface area contributed by atoms with Crippen LogP contribution in [0.4, 0.5) is 4.39 Å². The molecule has 0 aliphatic heterocycles. The zero-order valence-electron chi connectivity index (χ0n) is 9.41. The van der Waals surface area contributed by atoms with Gasteiger partial charge < -0.3 is 5.32 Å². The first kappa shape index (κ1) is 12.6. The van der Waals surface area contributed by atoms with Gasteiger partial charge in [-0.1, -0.05) is 17.7 Å². The number of hydrogen-bond donors (Lipinski definition) is 1. The minimum Gasteiger partial charge on any atom is -0.313 e. The molecule has 1 nitrogen and oxygen atoms in total. The molecule has 0 spiro atoms. The minimum atomic E-state index is -0.243. The molecule has 1 unspecified atom stereocenters. The van der Waals surface area contributed by atoms with E-state index in [9.17, 15) is 4.39 Å². The van der Waals surface area contributed by atoms with Gasteiger partial charge in [-0.25, -0.2) is 4.39 Å². The third-order valence-corrected chi connectivity index (χ3v) is 3.82. The maximum absolute atomic E-state index is 13.7. The van der Waals surface area contributed by atoms with Crippen LogP contribution in [-0.4, -0.2) is 7.05 Å². The molecule has 0 saturated heterocycles. The summed E-state index contributed by atoms with van der Waals surface area (Å²) in [4.78, 5) is 0. The van der Waals surface area contributed by atoms with Crippen LogP contribution < -0.4 is 5.32 Å². The van der Waals surface area contributed by atoms with Crippen molar-refractivity contribution in [1.29, 1.82) is 0 Å². The van der Waals surface area contributed by atoms with E-state index >= 15 is 0 Å². The summed E-state index contributed by atoms with van der Waals surface area (Å²) in [6.45, 7) is 0. The third-order valence-electron chi connectivity index (χ3n) is 2.76. The van der Waals surface area contributed by atoms with Crippen molar-refractivity contribution in [1.82, 2.24) is 5.32 Å². The number of rotatable bonds is 4. The molecule has 0 saturated carbocycles. The molecule has 4 heteroatoms. The molecule has 2 aromatic rings. The Morgan fingerprint density at radius 2 is 2.24 bits per heavy atom. The zero-order chi connectivity index (χ0) is 12.3. The van der Waals surface area contributed by atoms with Crippen LogP contribution in [0, 0.1) is 5.82 Å².